The lowest BCUT2D eigenvalue weighted by Gasteiger charge is -2.38. The summed E-state index contributed by atoms with van der Waals surface area (Å²) in [5.41, 5.74) is 1.06. The van der Waals surface area contributed by atoms with Crippen LogP contribution in [0.5, 0.6) is 5.75 Å². The van der Waals surface area contributed by atoms with E-state index in [1.54, 1.807) is 7.11 Å². The second-order valence-corrected chi connectivity index (χ2v) is 12.9. The van der Waals surface area contributed by atoms with E-state index < -0.39 is 8.32 Å². The van der Waals surface area contributed by atoms with Gasteiger partial charge in [0, 0.05) is 12.0 Å². The molecule has 32 heavy (non-hydrogen) atoms. The molecule has 0 radical (unpaired) electrons. The van der Waals surface area contributed by atoms with Crippen LogP contribution in [0.1, 0.15) is 52.5 Å². The van der Waals surface area contributed by atoms with E-state index in [9.17, 15) is 4.80 Å². The minimum atomic E-state index is -2.70. The molecule has 0 atom stereocenters. The molecule has 3 aromatic carbocycles. The number of rotatable bonds is 5. The highest BCUT2D eigenvalue weighted by Gasteiger charge is 2.46. The lowest BCUT2D eigenvalue weighted by atomic mass is 10.2. The van der Waals surface area contributed by atoms with E-state index in [2.05, 4.69) is 39.5 Å². The average molecular weight is 445 g/mol. The van der Waals surface area contributed by atoms with Crippen molar-refractivity contribution in [2.45, 2.75) is 52.0 Å². The molecule has 0 saturated carbocycles. The first-order valence-electron chi connectivity index (χ1n) is 11.3. The third-order valence-corrected chi connectivity index (χ3v) is 9.96. The van der Waals surface area contributed by atoms with Gasteiger partial charge in [-0.2, -0.15) is 0 Å². The number of hydrogen-bond acceptors (Lipinski definition) is 2. The van der Waals surface area contributed by atoms with E-state index >= 15 is 0 Å². The minimum Gasteiger partial charge on any atom is -0.497 e. The Morgan fingerprint density at radius 1 is 0.812 bits per heavy atom. The summed E-state index contributed by atoms with van der Waals surface area (Å²) in [6.07, 6.45) is 3.38. The lowest BCUT2D eigenvalue weighted by molar-refractivity contribution is 0.415. The standard InChI is InChI=1S/C16H20OSi.C13H16O/c1-16(2,3)18(17,14-10-6-4-7-11-14)15-12-8-5-9-13-15;1-3-4-5-6-7-12-8-10-13(14-2)11-9-12/h4-13,17H,1-3H3;8-11H,3-5H2,1-2H3. The molecule has 0 unspecified atom stereocenters. The van der Waals surface area contributed by atoms with Crippen molar-refractivity contribution in [2.75, 3.05) is 7.11 Å². The summed E-state index contributed by atoms with van der Waals surface area (Å²) >= 11 is 0. The predicted octanol–water partition coefficient (Wildman–Crippen LogP) is 5.78. The maximum atomic E-state index is 11.4. The van der Waals surface area contributed by atoms with Crippen LogP contribution in [0.25, 0.3) is 0 Å². The number of unbranched alkanes of at least 4 members (excludes halogenated alkanes) is 2. The molecule has 3 aromatic rings. The zero-order chi connectivity index (χ0) is 23.5. The number of hydrogen-bond donors (Lipinski definition) is 1. The highest BCUT2D eigenvalue weighted by Crippen LogP contribution is 2.33. The van der Waals surface area contributed by atoms with Crippen molar-refractivity contribution in [3.63, 3.8) is 0 Å². The molecule has 0 aliphatic heterocycles. The van der Waals surface area contributed by atoms with Crippen LogP contribution in [-0.4, -0.2) is 20.2 Å². The van der Waals surface area contributed by atoms with Crippen LogP contribution in [0, 0.1) is 11.8 Å². The number of ether oxygens (including phenoxy) is 1. The summed E-state index contributed by atoms with van der Waals surface area (Å²) in [6.45, 7) is 8.55. The van der Waals surface area contributed by atoms with Crippen LogP contribution < -0.4 is 15.1 Å². The van der Waals surface area contributed by atoms with Gasteiger partial charge in [0.15, 0.2) is 0 Å². The summed E-state index contributed by atoms with van der Waals surface area (Å²) in [5.74, 6) is 7.15. The van der Waals surface area contributed by atoms with Gasteiger partial charge in [0.1, 0.15) is 5.75 Å². The third kappa shape index (κ3) is 6.85. The van der Waals surface area contributed by atoms with Gasteiger partial charge in [-0.25, -0.2) is 0 Å². The van der Waals surface area contributed by atoms with Gasteiger partial charge >= 0.3 is 0 Å². The predicted molar refractivity (Wildman–Crippen MR) is 139 cm³/mol. The van der Waals surface area contributed by atoms with E-state index in [0.717, 1.165) is 28.1 Å². The first-order valence-corrected chi connectivity index (χ1v) is 13.2. The van der Waals surface area contributed by atoms with Gasteiger partial charge in [-0.15, -0.1) is 0 Å². The topological polar surface area (TPSA) is 29.5 Å². The van der Waals surface area contributed by atoms with Crippen molar-refractivity contribution in [2.24, 2.45) is 0 Å². The van der Waals surface area contributed by atoms with Crippen molar-refractivity contribution in [3.8, 4) is 17.6 Å². The molecular weight excluding hydrogens is 408 g/mol. The van der Waals surface area contributed by atoms with Gasteiger partial charge in [0.25, 0.3) is 8.32 Å². The molecule has 0 spiro atoms. The summed E-state index contributed by atoms with van der Waals surface area (Å²) < 4.78 is 5.06. The molecule has 0 heterocycles. The maximum Gasteiger partial charge on any atom is 0.258 e. The van der Waals surface area contributed by atoms with Crippen LogP contribution >= 0.6 is 0 Å². The Morgan fingerprint density at radius 3 is 1.72 bits per heavy atom. The van der Waals surface area contributed by atoms with Gasteiger partial charge in [-0.3, -0.25) is 0 Å². The van der Waals surface area contributed by atoms with Crippen LogP contribution in [-0.2, 0) is 0 Å². The fraction of sp³-hybridized carbons (Fsp3) is 0.310. The lowest BCUT2D eigenvalue weighted by Crippen LogP contribution is -2.64. The van der Waals surface area contributed by atoms with Crippen molar-refractivity contribution in [1.82, 2.24) is 0 Å². The van der Waals surface area contributed by atoms with Gasteiger partial charge in [-0.05, 0) is 46.1 Å². The number of benzene rings is 3. The molecular formula is C29H36O2Si. The van der Waals surface area contributed by atoms with Crippen molar-refractivity contribution < 1.29 is 9.53 Å². The summed E-state index contributed by atoms with van der Waals surface area (Å²) in [6, 6.07) is 28.0. The van der Waals surface area contributed by atoms with E-state index in [-0.39, 0.29) is 5.04 Å². The Labute approximate surface area is 195 Å². The molecule has 0 aliphatic rings. The van der Waals surface area contributed by atoms with Crippen LogP contribution in [0.15, 0.2) is 84.9 Å². The van der Waals surface area contributed by atoms with Gasteiger partial charge < -0.3 is 9.53 Å². The van der Waals surface area contributed by atoms with Crippen molar-refractivity contribution >= 4 is 18.7 Å². The first kappa shape index (κ1) is 25.5. The SMILES string of the molecule is CC(C)(C)[Si](O)(c1ccccc1)c1ccccc1.CCCCC#Cc1ccc(OC)cc1. The third-order valence-electron chi connectivity index (χ3n) is 5.45. The molecule has 1 N–H and O–H groups in total. The quantitative estimate of drug-likeness (QED) is 0.307. The fourth-order valence-corrected chi connectivity index (χ4v) is 6.91. The Morgan fingerprint density at radius 2 is 1.31 bits per heavy atom. The maximum absolute atomic E-state index is 11.4. The minimum absolute atomic E-state index is 0.143. The van der Waals surface area contributed by atoms with Gasteiger partial charge in [0.05, 0.1) is 7.11 Å². The monoisotopic (exact) mass is 444 g/mol. The normalized spacial score (nSPS) is 10.9. The van der Waals surface area contributed by atoms with E-state index in [4.69, 9.17) is 4.74 Å². The van der Waals surface area contributed by atoms with Crippen molar-refractivity contribution in [1.29, 1.82) is 0 Å². The zero-order valence-corrected chi connectivity index (χ0v) is 21.1. The molecule has 0 saturated heterocycles. The molecule has 0 fully saturated rings. The number of methoxy groups -OCH3 is 1. The molecule has 2 nitrogen and oxygen atoms in total. The molecule has 0 aromatic heterocycles. The largest absolute Gasteiger partial charge is 0.497 e. The zero-order valence-electron chi connectivity index (χ0n) is 20.1. The molecule has 3 rings (SSSR count). The molecule has 0 amide bonds. The summed E-state index contributed by atoms with van der Waals surface area (Å²) in [4.78, 5) is 11.4. The van der Waals surface area contributed by atoms with Crippen molar-refractivity contribution in [3.05, 3.63) is 90.5 Å². The Balaban J connectivity index is 0.000000235. The Hall–Kier alpha value is -2.80. The summed E-state index contributed by atoms with van der Waals surface area (Å²) in [5, 5.41) is 2.00. The van der Waals surface area contributed by atoms with Crippen LogP contribution in [0.4, 0.5) is 0 Å². The second kappa shape index (κ2) is 12.3. The molecule has 168 valence electrons. The Kier molecular flexibility index (Phi) is 9.78. The second-order valence-electron chi connectivity index (χ2n) is 8.83. The van der Waals surface area contributed by atoms with Gasteiger partial charge in [0.2, 0.25) is 0 Å². The van der Waals surface area contributed by atoms with E-state index in [1.807, 2.05) is 84.9 Å². The summed E-state index contributed by atoms with van der Waals surface area (Å²) in [7, 11) is -1.03. The molecule has 0 aliphatic carbocycles. The van der Waals surface area contributed by atoms with Crippen LogP contribution in [0.3, 0.4) is 0 Å². The Bertz CT molecular complexity index is 939. The fourth-order valence-electron chi connectivity index (χ4n) is 3.50. The van der Waals surface area contributed by atoms with E-state index in [1.165, 1.54) is 12.8 Å². The average Bonchev–Trinajstić information content (AvgIpc) is 2.82. The molecule has 0 bridgehead atoms. The van der Waals surface area contributed by atoms with Crippen LogP contribution in [0.2, 0.25) is 5.04 Å². The smallest absolute Gasteiger partial charge is 0.258 e. The van der Waals surface area contributed by atoms with E-state index in [0.29, 0.717) is 0 Å². The first-order chi connectivity index (χ1) is 15.3. The highest BCUT2D eigenvalue weighted by molar-refractivity contribution is 6.98. The van der Waals surface area contributed by atoms with Gasteiger partial charge in [-0.1, -0.05) is 107 Å². The molecule has 3 heteroatoms. The highest BCUT2D eigenvalue weighted by atomic mass is 28.4.